The lowest BCUT2D eigenvalue weighted by molar-refractivity contribution is 1.07. The van der Waals surface area contributed by atoms with Crippen LogP contribution < -0.4 is 5.56 Å². The zero-order valence-electron chi connectivity index (χ0n) is 11.5. The summed E-state index contributed by atoms with van der Waals surface area (Å²) >= 11 is 0. The Morgan fingerprint density at radius 3 is 2.29 bits per heavy atom. The number of azo groups is 1. The van der Waals surface area contributed by atoms with Crippen LogP contribution >= 0.6 is 0 Å². The minimum Gasteiger partial charge on any atom is -0.323 e. The Labute approximate surface area is 121 Å². The van der Waals surface area contributed by atoms with Crippen LogP contribution in [0.2, 0.25) is 0 Å². The maximum Gasteiger partial charge on any atom is 0.266 e. The molecule has 0 unspecified atom stereocenters. The van der Waals surface area contributed by atoms with Gasteiger partial charge in [0.15, 0.2) is 0 Å². The van der Waals surface area contributed by atoms with Gasteiger partial charge in [0.1, 0.15) is 17.3 Å². The van der Waals surface area contributed by atoms with Crippen LogP contribution in [0.3, 0.4) is 0 Å². The van der Waals surface area contributed by atoms with Crippen LogP contribution in [0, 0.1) is 36.5 Å². The van der Waals surface area contributed by atoms with Crippen molar-refractivity contribution in [3.63, 3.8) is 0 Å². The molecule has 0 aliphatic rings. The zero-order valence-corrected chi connectivity index (χ0v) is 11.5. The third kappa shape index (κ3) is 2.85. The number of rotatable bonds is 2. The van der Waals surface area contributed by atoms with Crippen molar-refractivity contribution in [1.82, 2.24) is 4.98 Å². The fourth-order valence-corrected chi connectivity index (χ4v) is 1.86. The van der Waals surface area contributed by atoms with E-state index in [0.717, 1.165) is 0 Å². The Bertz CT molecular complexity index is 848. The molecule has 0 amide bonds. The minimum atomic E-state index is -0.426. The number of benzene rings is 1. The molecule has 0 radical (unpaired) electrons. The van der Waals surface area contributed by atoms with Gasteiger partial charge in [-0.05, 0) is 38.1 Å². The van der Waals surface area contributed by atoms with Crippen LogP contribution in [-0.4, -0.2) is 4.98 Å². The van der Waals surface area contributed by atoms with Gasteiger partial charge in [-0.15, -0.1) is 5.11 Å². The summed E-state index contributed by atoms with van der Waals surface area (Å²) in [7, 11) is 0. The molecule has 0 aliphatic carbocycles. The van der Waals surface area contributed by atoms with E-state index in [2.05, 4.69) is 15.2 Å². The van der Waals surface area contributed by atoms with Crippen LogP contribution in [0.15, 0.2) is 39.3 Å². The molecule has 102 valence electrons. The molecular weight excluding hydrogens is 266 g/mol. The number of aromatic amines is 1. The van der Waals surface area contributed by atoms with E-state index in [9.17, 15) is 4.79 Å². The number of hydrogen-bond donors (Lipinski definition) is 1. The predicted octanol–water partition coefficient (Wildman–Crippen LogP) is 3.15. The summed E-state index contributed by atoms with van der Waals surface area (Å²) in [5.41, 5.74) is 2.24. The van der Waals surface area contributed by atoms with Crippen molar-refractivity contribution in [3.05, 3.63) is 57.0 Å². The van der Waals surface area contributed by atoms with Crippen molar-refractivity contribution in [2.45, 2.75) is 13.8 Å². The summed E-state index contributed by atoms with van der Waals surface area (Å²) in [6, 6.07) is 10.5. The molecule has 2 aromatic rings. The smallest absolute Gasteiger partial charge is 0.266 e. The van der Waals surface area contributed by atoms with Gasteiger partial charge in [-0.2, -0.15) is 15.6 Å². The first kappa shape index (κ1) is 14.2. The summed E-state index contributed by atoms with van der Waals surface area (Å²) in [6.45, 7) is 3.36. The second-order valence-corrected chi connectivity index (χ2v) is 4.40. The van der Waals surface area contributed by atoms with Crippen LogP contribution in [0.25, 0.3) is 0 Å². The van der Waals surface area contributed by atoms with E-state index >= 15 is 0 Å². The summed E-state index contributed by atoms with van der Waals surface area (Å²) in [5, 5.41) is 25.9. The van der Waals surface area contributed by atoms with Crippen molar-refractivity contribution in [2.24, 2.45) is 10.2 Å². The van der Waals surface area contributed by atoms with Crippen molar-refractivity contribution in [2.75, 3.05) is 0 Å². The summed E-state index contributed by atoms with van der Waals surface area (Å²) < 4.78 is 0. The average Bonchev–Trinajstić information content (AvgIpc) is 2.47. The monoisotopic (exact) mass is 277 g/mol. The number of hydrogen-bond acceptors (Lipinski definition) is 5. The van der Waals surface area contributed by atoms with Crippen LogP contribution in [0.4, 0.5) is 11.4 Å². The van der Waals surface area contributed by atoms with Crippen molar-refractivity contribution >= 4 is 11.4 Å². The van der Waals surface area contributed by atoms with Crippen LogP contribution in [0.1, 0.15) is 22.4 Å². The average molecular weight is 277 g/mol. The highest BCUT2D eigenvalue weighted by molar-refractivity contribution is 5.55. The number of H-pyrrole nitrogens is 1. The highest BCUT2D eigenvalue weighted by Gasteiger charge is 2.11. The van der Waals surface area contributed by atoms with E-state index in [4.69, 9.17) is 10.5 Å². The number of aryl methyl sites for hydroxylation is 1. The molecule has 1 heterocycles. The first-order valence-corrected chi connectivity index (χ1v) is 6.12. The Hall–Kier alpha value is -3.25. The second-order valence-electron chi connectivity index (χ2n) is 4.40. The molecule has 0 aliphatic heterocycles. The van der Waals surface area contributed by atoms with E-state index in [-0.39, 0.29) is 5.56 Å². The van der Waals surface area contributed by atoms with Gasteiger partial charge in [0.25, 0.3) is 5.56 Å². The van der Waals surface area contributed by atoms with Crippen LogP contribution in [-0.2, 0) is 0 Å². The van der Waals surface area contributed by atoms with Crippen LogP contribution in [0.5, 0.6) is 0 Å². The van der Waals surface area contributed by atoms with Gasteiger partial charge >= 0.3 is 0 Å². The fraction of sp³-hybridized carbons (Fsp3) is 0.133. The van der Waals surface area contributed by atoms with Gasteiger partial charge in [0.05, 0.1) is 17.3 Å². The largest absolute Gasteiger partial charge is 0.323 e. The standard InChI is InChI=1S/C15H11N5O/c1-9-13(8-17)15(21)18-10(2)14(9)20-19-12-5-3-11(7-16)4-6-12/h3-6H,1-2H3,(H,18,21). The van der Waals surface area contributed by atoms with E-state index in [1.807, 2.05) is 12.1 Å². The van der Waals surface area contributed by atoms with Crippen molar-refractivity contribution in [3.8, 4) is 12.1 Å². The molecule has 6 heteroatoms. The molecule has 0 fully saturated rings. The SMILES string of the molecule is Cc1[nH]c(=O)c(C#N)c(C)c1N=Nc1ccc(C#N)cc1. The third-order valence-corrected chi connectivity index (χ3v) is 2.99. The van der Waals surface area contributed by atoms with Gasteiger partial charge < -0.3 is 4.98 Å². The fourth-order valence-electron chi connectivity index (χ4n) is 1.86. The van der Waals surface area contributed by atoms with Crippen molar-refractivity contribution < 1.29 is 0 Å². The molecule has 0 spiro atoms. The van der Waals surface area contributed by atoms with Crippen molar-refractivity contribution in [1.29, 1.82) is 10.5 Å². The molecule has 0 saturated heterocycles. The Balaban J connectivity index is 2.44. The number of aromatic nitrogens is 1. The van der Waals surface area contributed by atoms with Gasteiger partial charge in [-0.3, -0.25) is 4.79 Å². The normalized spacial score (nSPS) is 10.3. The molecule has 1 N–H and O–H groups in total. The third-order valence-electron chi connectivity index (χ3n) is 2.99. The lowest BCUT2D eigenvalue weighted by Gasteiger charge is -2.04. The molecule has 2 rings (SSSR count). The summed E-state index contributed by atoms with van der Waals surface area (Å²) in [5.74, 6) is 0. The lowest BCUT2D eigenvalue weighted by Crippen LogP contribution is -2.13. The number of nitrogens with one attached hydrogen (secondary N) is 1. The molecule has 21 heavy (non-hydrogen) atoms. The molecule has 0 saturated carbocycles. The summed E-state index contributed by atoms with van der Waals surface area (Å²) in [6.07, 6.45) is 0. The Morgan fingerprint density at radius 2 is 1.71 bits per heavy atom. The first-order valence-electron chi connectivity index (χ1n) is 6.12. The van der Waals surface area contributed by atoms with E-state index in [1.165, 1.54) is 0 Å². The maximum atomic E-state index is 11.6. The molecule has 6 nitrogen and oxygen atoms in total. The maximum absolute atomic E-state index is 11.6. The van der Waals surface area contributed by atoms with E-state index in [1.54, 1.807) is 38.1 Å². The Kier molecular flexibility index (Phi) is 3.92. The zero-order chi connectivity index (χ0) is 15.4. The topological polar surface area (TPSA) is 105 Å². The quantitative estimate of drug-likeness (QED) is 0.852. The van der Waals surface area contributed by atoms with Gasteiger partial charge in [0.2, 0.25) is 0 Å². The second kappa shape index (κ2) is 5.81. The number of pyridine rings is 1. The predicted molar refractivity (Wildman–Crippen MR) is 76.6 cm³/mol. The molecule has 1 aromatic heterocycles. The number of nitriles is 2. The minimum absolute atomic E-state index is 0.0365. The first-order chi connectivity index (χ1) is 10.1. The molecule has 0 bridgehead atoms. The number of nitrogens with zero attached hydrogens (tertiary/aromatic N) is 4. The highest BCUT2D eigenvalue weighted by atomic mass is 16.1. The summed E-state index contributed by atoms with van der Waals surface area (Å²) in [4.78, 5) is 14.2. The molecular formula is C15H11N5O. The van der Waals surface area contributed by atoms with Gasteiger partial charge in [-0.1, -0.05) is 0 Å². The molecule has 0 atom stereocenters. The molecule has 1 aromatic carbocycles. The lowest BCUT2D eigenvalue weighted by atomic mass is 10.1. The van der Waals surface area contributed by atoms with Gasteiger partial charge in [0, 0.05) is 11.3 Å². The Morgan fingerprint density at radius 1 is 1.05 bits per heavy atom. The van der Waals surface area contributed by atoms with E-state index < -0.39 is 5.56 Å². The van der Waals surface area contributed by atoms with Gasteiger partial charge in [-0.25, -0.2) is 0 Å². The van der Waals surface area contributed by atoms with E-state index in [0.29, 0.717) is 28.2 Å². The highest BCUT2D eigenvalue weighted by Crippen LogP contribution is 2.25.